The Morgan fingerprint density at radius 2 is 1.50 bits per heavy atom. The number of hydrogen-bond donors (Lipinski definition) is 1. The van der Waals surface area contributed by atoms with Crippen LogP contribution in [0.1, 0.15) is 27.7 Å². The summed E-state index contributed by atoms with van der Waals surface area (Å²) >= 11 is 0. The molecule has 2 nitrogen and oxygen atoms in total. The highest BCUT2D eigenvalue weighted by Gasteiger charge is 2.15. The van der Waals surface area contributed by atoms with Gasteiger partial charge in [0.15, 0.2) is 6.19 Å². The third kappa shape index (κ3) is 2.72. The van der Waals surface area contributed by atoms with Crippen molar-refractivity contribution < 1.29 is 0 Å². The summed E-state index contributed by atoms with van der Waals surface area (Å²) in [5.74, 6) is 1.05. The fourth-order valence-electron chi connectivity index (χ4n) is 1.18. The molecule has 0 bridgehead atoms. The van der Waals surface area contributed by atoms with Crippen LogP contribution in [0, 0.1) is 23.3 Å². The Morgan fingerprint density at radius 3 is 1.60 bits per heavy atom. The third-order valence-electron chi connectivity index (χ3n) is 1.67. The van der Waals surface area contributed by atoms with E-state index in [2.05, 4.69) is 33.0 Å². The summed E-state index contributed by atoms with van der Waals surface area (Å²) in [6.45, 7) is 8.48. The molecule has 0 saturated carbocycles. The molecule has 1 N–H and O–H groups in total. The van der Waals surface area contributed by atoms with E-state index in [4.69, 9.17) is 5.26 Å². The molecular weight excluding hydrogens is 124 g/mol. The van der Waals surface area contributed by atoms with E-state index in [0.29, 0.717) is 17.9 Å². The molecule has 0 radical (unpaired) electrons. The van der Waals surface area contributed by atoms with Gasteiger partial charge in [0.25, 0.3) is 0 Å². The Labute approximate surface area is 63.2 Å². The van der Waals surface area contributed by atoms with Crippen LogP contribution in [0.4, 0.5) is 0 Å². The third-order valence-corrected chi connectivity index (χ3v) is 1.67. The van der Waals surface area contributed by atoms with Crippen LogP contribution >= 0.6 is 0 Å². The number of nitriles is 1. The Balaban J connectivity index is 3.88. The zero-order valence-corrected chi connectivity index (χ0v) is 7.18. The highest BCUT2D eigenvalue weighted by Crippen LogP contribution is 2.10. The summed E-state index contributed by atoms with van der Waals surface area (Å²) in [5.41, 5.74) is 0. The second-order valence-electron chi connectivity index (χ2n) is 3.27. The maximum Gasteiger partial charge on any atom is 0.176 e. The van der Waals surface area contributed by atoms with Crippen LogP contribution in [-0.2, 0) is 0 Å². The van der Waals surface area contributed by atoms with Gasteiger partial charge in [-0.2, -0.15) is 5.26 Å². The van der Waals surface area contributed by atoms with Crippen molar-refractivity contribution in [3.63, 3.8) is 0 Å². The summed E-state index contributed by atoms with van der Waals surface area (Å²) in [6.07, 6.45) is 1.98. The van der Waals surface area contributed by atoms with Crippen LogP contribution in [0.5, 0.6) is 0 Å². The average Bonchev–Trinajstić information content (AvgIpc) is 1.81. The monoisotopic (exact) mass is 140 g/mol. The Morgan fingerprint density at radius 1 is 1.10 bits per heavy atom. The minimum Gasteiger partial charge on any atom is -0.320 e. The molecule has 0 heterocycles. The van der Waals surface area contributed by atoms with E-state index < -0.39 is 0 Å². The fourth-order valence-corrected chi connectivity index (χ4v) is 1.18. The Hall–Kier alpha value is -0.710. The van der Waals surface area contributed by atoms with Crippen molar-refractivity contribution in [3.8, 4) is 6.19 Å². The molecule has 0 atom stereocenters. The minimum absolute atomic E-state index is 0.324. The Kier molecular flexibility index (Phi) is 3.87. The van der Waals surface area contributed by atoms with Gasteiger partial charge in [-0.25, -0.2) is 0 Å². The molecule has 0 aromatic rings. The van der Waals surface area contributed by atoms with E-state index in [1.807, 2.05) is 6.19 Å². The standard InChI is InChI=1S/C8H16N2/c1-6(2)8(7(3)4)10-5-9/h6-8,10H,1-4H3. The molecule has 0 saturated heterocycles. The highest BCUT2D eigenvalue weighted by molar-refractivity contribution is 4.80. The predicted molar refractivity (Wildman–Crippen MR) is 42.2 cm³/mol. The van der Waals surface area contributed by atoms with Gasteiger partial charge in [0.2, 0.25) is 0 Å². The first-order chi connectivity index (χ1) is 4.59. The van der Waals surface area contributed by atoms with Gasteiger partial charge in [0, 0.05) is 6.04 Å². The SMILES string of the molecule is CC(C)C(NC#N)C(C)C. The maximum atomic E-state index is 8.37. The molecule has 0 fully saturated rings. The van der Waals surface area contributed by atoms with Gasteiger partial charge in [-0.1, -0.05) is 27.7 Å². The van der Waals surface area contributed by atoms with Crippen LogP contribution in [0.3, 0.4) is 0 Å². The lowest BCUT2D eigenvalue weighted by Crippen LogP contribution is -2.35. The van der Waals surface area contributed by atoms with E-state index in [1.165, 1.54) is 0 Å². The second-order valence-corrected chi connectivity index (χ2v) is 3.27. The molecule has 0 amide bonds. The zero-order chi connectivity index (χ0) is 8.15. The van der Waals surface area contributed by atoms with Gasteiger partial charge in [-0.3, -0.25) is 0 Å². The van der Waals surface area contributed by atoms with Crippen molar-refractivity contribution in [1.82, 2.24) is 5.32 Å². The molecule has 0 unspecified atom stereocenters. The molecule has 0 spiro atoms. The largest absolute Gasteiger partial charge is 0.320 e. The van der Waals surface area contributed by atoms with Crippen molar-refractivity contribution in [3.05, 3.63) is 0 Å². The van der Waals surface area contributed by atoms with E-state index in [-0.39, 0.29) is 0 Å². The van der Waals surface area contributed by atoms with Gasteiger partial charge >= 0.3 is 0 Å². The highest BCUT2D eigenvalue weighted by atomic mass is 14.9. The second kappa shape index (κ2) is 4.16. The minimum atomic E-state index is 0.324. The normalized spacial score (nSPS) is 10.6. The van der Waals surface area contributed by atoms with Crippen molar-refractivity contribution >= 4 is 0 Å². The summed E-state index contributed by atoms with van der Waals surface area (Å²) in [4.78, 5) is 0. The summed E-state index contributed by atoms with van der Waals surface area (Å²) in [5, 5.41) is 11.2. The van der Waals surface area contributed by atoms with Crippen LogP contribution in [0.15, 0.2) is 0 Å². The molecule has 0 aliphatic heterocycles. The Bertz CT molecular complexity index is 114. The summed E-state index contributed by atoms with van der Waals surface area (Å²) < 4.78 is 0. The van der Waals surface area contributed by atoms with Gasteiger partial charge in [0.1, 0.15) is 0 Å². The molecule has 0 aliphatic carbocycles. The number of nitrogens with zero attached hydrogens (tertiary/aromatic N) is 1. The van der Waals surface area contributed by atoms with Gasteiger partial charge < -0.3 is 5.32 Å². The van der Waals surface area contributed by atoms with Crippen LogP contribution < -0.4 is 5.32 Å². The smallest absolute Gasteiger partial charge is 0.176 e. The maximum absolute atomic E-state index is 8.37. The first-order valence-electron chi connectivity index (χ1n) is 3.74. The lowest BCUT2D eigenvalue weighted by atomic mass is 9.94. The van der Waals surface area contributed by atoms with E-state index in [1.54, 1.807) is 0 Å². The van der Waals surface area contributed by atoms with Gasteiger partial charge in [-0.15, -0.1) is 0 Å². The van der Waals surface area contributed by atoms with Crippen molar-refractivity contribution in [2.24, 2.45) is 11.8 Å². The summed E-state index contributed by atoms with van der Waals surface area (Å²) in [6, 6.07) is 0.324. The van der Waals surface area contributed by atoms with Gasteiger partial charge in [0.05, 0.1) is 0 Å². The fraction of sp³-hybridized carbons (Fsp3) is 0.875. The van der Waals surface area contributed by atoms with Crippen molar-refractivity contribution in [1.29, 1.82) is 5.26 Å². The van der Waals surface area contributed by atoms with Crippen molar-refractivity contribution in [2.45, 2.75) is 33.7 Å². The van der Waals surface area contributed by atoms with Crippen molar-refractivity contribution in [2.75, 3.05) is 0 Å². The quantitative estimate of drug-likeness (QED) is 0.478. The lowest BCUT2D eigenvalue weighted by molar-refractivity contribution is 0.348. The predicted octanol–water partition coefficient (Wildman–Crippen LogP) is 1.74. The van der Waals surface area contributed by atoms with Crippen LogP contribution in [0.2, 0.25) is 0 Å². The molecule has 2 heteroatoms. The average molecular weight is 140 g/mol. The van der Waals surface area contributed by atoms with E-state index >= 15 is 0 Å². The number of hydrogen-bond acceptors (Lipinski definition) is 2. The first-order valence-corrected chi connectivity index (χ1v) is 3.74. The molecule has 10 heavy (non-hydrogen) atoms. The zero-order valence-electron chi connectivity index (χ0n) is 7.18. The number of nitrogens with one attached hydrogen (secondary N) is 1. The molecule has 0 aliphatic rings. The van der Waals surface area contributed by atoms with Crippen LogP contribution in [0.25, 0.3) is 0 Å². The lowest BCUT2D eigenvalue weighted by Gasteiger charge is -2.22. The number of rotatable bonds is 3. The molecular formula is C8H16N2. The van der Waals surface area contributed by atoms with Gasteiger partial charge in [-0.05, 0) is 11.8 Å². The topological polar surface area (TPSA) is 35.8 Å². The molecule has 0 aromatic carbocycles. The molecule has 0 rings (SSSR count). The van der Waals surface area contributed by atoms with Crippen LogP contribution in [-0.4, -0.2) is 6.04 Å². The first kappa shape index (κ1) is 9.29. The molecule has 58 valence electrons. The van der Waals surface area contributed by atoms with E-state index in [0.717, 1.165) is 0 Å². The molecule has 0 aromatic heterocycles. The van der Waals surface area contributed by atoms with E-state index in [9.17, 15) is 0 Å². The summed E-state index contributed by atoms with van der Waals surface area (Å²) in [7, 11) is 0.